The van der Waals surface area contributed by atoms with E-state index < -0.39 is 11.9 Å². The lowest BCUT2D eigenvalue weighted by Crippen LogP contribution is -2.49. The van der Waals surface area contributed by atoms with Crippen molar-refractivity contribution in [2.75, 3.05) is 19.7 Å². The molecule has 0 radical (unpaired) electrons. The molecule has 27 heavy (non-hydrogen) atoms. The molecule has 1 aromatic rings. The first-order valence-electron chi connectivity index (χ1n) is 9.10. The molecular formula is C19H28N2O6. The number of esters is 2. The first-order chi connectivity index (χ1) is 12.6. The molecular weight excluding hydrogens is 352 g/mol. The lowest BCUT2D eigenvalue weighted by molar-refractivity contribution is -0.146. The summed E-state index contributed by atoms with van der Waals surface area (Å²) in [6.45, 7) is 11.2. The van der Waals surface area contributed by atoms with Gasteiger partial charge in [0.2, 0.25) is 0 Å². The molecule has 1 N–H and O–H groups in total. The van der Waals surface area contributed by atoms with Crippen LogP contribution < -0.4 is 0 Å². The monoisotopic (exact) mass is 380 g/mol. The SMILES string of the molecule is Cc1[nH]c(C(=O)OCC(=O)N2C[C@@H](C)O[C@@H](C)C2)c(C)c1C(=O)OC(C)C. The molecule has 150 valence electrons. The lowest BCUT2D eigenvalue weighted by Gasteiger charge is -2.35. The van der Waals surface area contributed by atoms with Gasteiger partial charge in [0.1, 0.15) is 5.69 Å². The third kappa shape index (κ3) is 5.09. The van der Waals surface area contributed by atoms with E-state index in [4.69, 9.17) is 14.2 Å². The Bertz CT molecular complexity index is 714. The van der Waals surface area contributed by atoms with Crippen LogP contribution in [0.2, 0.25) is 0 Å². The molecule has 1 aromatic heterocycles. The fourth-order valence-corrected chi connectivity index (χ4v) is 3.21. The Kier molecular flexibility index (Phi) is 6.64. The van der Waals surface area contributed by atoms with E-state index in [1.54, 1.807) is 32.6 Å². The standard InChI is InChI=1S/C19H28N2O6/c1-10(2)26-18(23)16-13(5)17(20-14(16)6)19(24)25-9-15(22)21-7-11(3)27-12(4)8-21/h10-12,20H,7-9H2,1-6H3/t11-,12+. The highest BCUT2D eigenvalue weighted by atomic mass is 16.5. The smallest absolute Gasteiger partial charge is 0.355 e. The number of hydrogen-bond acceptors (Lipinski definition) is 6. The van der Waals surface area contributed by atoms with E-state index in [1.165, 1.54) is 0 Å². The number of carbonyl (C=O) groups excluding carboxylic acids is 3. The Hall–Kier alpha value is -2.35. The Labute approximate surface area is 159 Å². The molecule has 0 spiro atoms. The van der Waals surface area contributed by atoms with Crippen LogP contribution in [0.25, 0.3) is 0 Å². The zero-order valence-electron chi connectivity index (χ0n) is 16.8. The predicted molar refractivity (Wildman–Crippen MR) is 97.7 cm³/mol. The number of amides is 1. The van der Waals surface area contributed by atoms with Gasteiger partial charge in [-0.1, -0.05) is 0 Å². The quantitative estimate of drug-likeness (QED) is 0.785. The molecule has 1 aliphatic heterocycles. The minimum Gasteiger partial charge on any atom is -0.459 e. The van der Waals surface area contributed by atoms with Gasteiger partial charge in [0, 0.05) is 18.8 Å². The van der Waals surface area contributed by atoms with Crippen molar-refractivity contribution in [2.24, 2.45) is 0 Å². The van der Waals surface area contributed by atoms with Gasteiger partial charge in [-0.05, 0) is 47.1 Å². The Morgan fingerprint density at radius 3 is 2.30 bits per heavy atom. The van der Waals surface area contributed by atoms with Gasteiger partial charge in [0.05, 0.1) is 23.9 Å². The number of morpholine rings is 1. The molecule has 0 saturated carbocycles. The summed E-state index contributed by atoms with van der Waals surface area (Å²) >= 11 is 0. The topological polar surface area (TPSA) is 97.9 Å². The average molecular weight is 380 g/mol. The van der Waals surface area contributed by atoms with Gasteiger partial charge in [-0.3, -0.25) is 4.79 Å². The predicted octanol–water partition coefficient (Wildman–Crippen LogP) is 1.99. The summed E-state index contributed by atoms with van der Waals surface area (Å²) in [5.41, 5.74) is 1.44. The Balaban J connectivity index is 2.02. The average Bonchev–Trinajstić information content (AvgIpc) is 2.85. The number of aromatic amines is 1. The summed E-state index contributed by atoms with van der Waals surface area (Å²) in [4.78, 5) is 41.4. The fourth-order valence-electron chi connectivity index (χ4n) is 3.21. The van der Waals surface area contributed by atoms with Crippen molar-refractivity contribution in [1.29, 1.82) is 0 Å². The van der Waals surface area contributed by atoms with Crippen LogP contribution >= 0.6 is 0 Å². The molecule has 1 saturated heterocycles. The zero-order valence-corrected chi connectivity index (χ0v) is 16.8. The molecule has 0 aliphatic carbocycles. The van der Waals surface area contributed by atoms with E-state index in [2.05, 4.69) is 4.98 Å². The van der Waals surface area contributed by atoms with Crippen LogP contribution in [0.4, 0.5) is 0 Å². The van der Waals surface area contributed by atoms with Gasteiger partial charge in [0.25, 0.3) is 5.91 Å². The van der Waals surface area contributed by atoms with Crippen LogP contribution in [0, 0.1) is 13.8 Å². The third-order valence-electron chi connectivity index (χ3n) is 4.29. The second kappa shape index (κ2) is 8.56. The number of carbonyl (C=O) groups is 3. The highest BCUT2D eigenvalue weighted by Gasteiger charge is 2.28. The number of aryl methyl sites for hydroxylation is 1. The summed E-state index contributed by atoms with van der Waals surface area (Å²) in [6.07, 6.45) is -0.384. The molecule has 8 nitrogen and oxygen atoms in total. The highest BCUT2D eigenvalue weighted by molar-refractivity contribution is 5.99. The number of aromatic nitrogens is 1. The molecule has 0 bridgehead atoms. The molecule has 8 heteroatoms. The minimum absolute atomic E-state index is 0.0590. The van der Waals surface area contributed by atoms with Crippen molar-refractivity contribution in [2.45, 2.75) is 59.9 Å². The highest BCUT2D eigenvalue weighted by Crippen LogP contribution is 2.20. The van der Waals surface area contributed by atoms with Crippen LogP contribution in [0.1, 0.15) is 59.8 Å². The Morgan fingerprint density at radius 1 is 1.15 bits per heavy atom. The minimum atomic E-state index is -0.679. The maximum absolute atomic E-state index is 12.4. The van der Waals surface area contributed by atoms with Gasteiger partial charge < -0.3 is 24.1 Å². The van der Waals surface area contributed by atoms with Crippen LogP contribution in [-0.2, 0) is 19.0 Å². The van der Waals surface area contributed by atoms with E-state index >= 15 is 0 Å². The first kappa shape index (κ1) is 21.0. The van der Waals surface area contributed by atoms with E-state index in [0.717, 1.165) is 0 Å². The summed E-state index contributed by atoms with van der Waals surface area (Å²) in [7, 11) is 0. The van der Waals surface area contributed by atoms with Crippen molar-refractivity contribution in [3.8, 4) is 0 Å². The number of nitrogens with one attached hydrogen (secondary N) is 1. The van der Waals surface area contributed by atoms with Crippen LogP contribution in [0.3, 0.4) is 0 Å². The zero-order chi connectivity index (χ0) is 20.3. The van der Waals surface area contributed by atoms with Gasteiger partial charge in [-0.2, -0.15) is 0 Å². The van der Waals surface area contributed by atoms with E-state index in [0.29, 0.717) is 29.9 Å². The number of hydrogen-bond donors (Lipinski definition) is 1. The largest absolute Gasteiger partial charge is 0.459 e. The molecule has 2 rings (SSSR count). The van der Waals surface area contributed by atoms with E-state index in [9.17, 15) is 14.4 Å². The van der Waals surface area contributed by atoms with Crippen molar-refractivity contribution in [1.82, 2.24) is 9.88 Å². The molecule has 2 heterocycles. The molecule has 1 aliphatic rings. The first-order valence-corrected chi connectivity index (χ1v) is 9.10. The van der Waals surface area contributed by atoms with Gasteiger partial charge in [0.15, 0.2) is 6.61 Å². The molecule has 0 aromatic carbocycles. The molecule has 2 atom stereocenters. The summed E-state index contributed by atoms with van der Waals surface area (Å²) in [5.74, 6) is -1.45. The van der Waals surface area contributed by atoms with E-state index in [1.807, 2.05) is 13.8 Å². The Morgan fingerprint density at radius 2 is 1.74 bits per heavy atom. The second-order valence-corrected chi connectivity index (χ2v) is 7.21. The number of rotatable bonds is 5. The van der Waals surface area contributed by atoms with Crippen molar-refractivity contribution in [3.63, 3.8) is 0 Å². The van der Waals surface area contributed by atoms with Gasteiger partial charge >= 0.3 is 11.9 Å². The number of ether oxygens (including phenoxy) is 3. The van der Waals surface area contributed by atoms with Crippen molar-refractivity contribution >= 4 is 17.8 Å². The van der Waals surface area contributed by atoms with Crippen LogP contribution in [-0.4, -0.2) is 65.7 Å². The summed E-state index contributed by atoms with van der Waals surface area (Å²) in [5, 5.41) is 0. The maximum Gasteiger partial charge on any atom is 0.355 e. The normalized spacial score (nSPS) is 19.9. The number of H-pyrrole nitrogens is 1. The summed E-state index contributed by atoms with van der Waals surface area (Å²) in [6, 6.07) is 0. The fraction of sp³-hybridized carbons (Fsp3) is 0.632. The molecule has 0 unspecified atom stereocenters. The second-order valence-electron chi connectivity index (χ2n) is 7.21. The maximum atomic E-state index is 12.4. The lowest BCUT2D eigenvalue weighted by atomic mass is 10.1. The van der Waals surface area contributed by atoms with Crippen molar-refractivity contribution < 1.29 is 28.6 Å². The third-order valence-corrected chi connectivity index (χ3v) is 4.29. The van der Waals surface area contributed by atoms with Crippen LogP contribution in [0.15, 0.2) is 0 Å². The molecule has 1 fully saturated rings. The molecule has 1 amide bonds. The van der Waals surface area contributed by atoms with Gasteiger partial charge in [-0.15, -0.1) is 0 Å². The summed E-state index contributed by atoms with van der Waals surface area (Å²) < 4.78 is 16.0. The van der Waals surface area contributed by atoms with Gasteiger partial charge in [-0.25, -0.2) is 9.59 Å². The van der Waals surface area contributed by atoms with E-state index in [-0.39, 0.29) is 36.5 Å². The number of nitrogens with zero attached hydrogens (tertiary/aromatic N) is 1. The van der Waals surface area contributed by atoms with Crippen LogP contribution in [0.5, 0.6) is 0 Å². The van der Waals surface area contributed by atoms with Crippen molar-refractivity contribution in [3.05, 3.63) is 22.5 Å².